The Bertz CT molecular complexity index is 339. The van der Waals surface area contributed by atoms with E-state index < -0.39 is 12.1 Å². The molecule has 14 heavy (non-hydrogen) atoms. The Morgan fingerprint density at radius 1 is 1.29 bits per heavy atom. The monoisotopic (exact) mass is 195 g/mol. The molecule has 0 spiro atoms. The van der Waals surface area contributed by atoms with Crippen LogP contribution in [0.4, 0.5) is 15.3 Å². The van der Waals surface area contributed by atoms with Crippen molar-refractivity contribution in [2.24, 2.45) is 5.73 Å². The molecule has 0 saturated heterocycles. The van der Waals surface area contributed by atoms with Gasteiger partial charge < -0.3 is 10.8 Å². The standard InChI is InChI=1S/C8H9N3O3/c9-7(12)11(10-8(13)14)6-4-2-1-3-5-6/h1-5,10H,(H2,9,12)(H,13,14). The van der Waals surface area contributed by atoms with E-state index in [1.165, 1.54) is 0 Å². The van der Waals surface area contributed by atoms with E-state index in [1.54, 1.807) is 30.3 Å². The first-order valence-corrected chi connectivity index (χ1v) is 3.75. The van der Waals surface area contributed by atoms with Gasteiger partial charge in [-0.15, -0.1) is 0 Å². The van der Waals surface area contributed by atoms with Crippen molar-refractivity contribution >= 4 is 17.8 Å². The highest BCUT2D eigenvalue weighted by Gasteiger charge is 2.13. The molecule has 0 aliphatic rings. The van der Waals surface area contributed by atoms with Crippen LogP contribution in [-0.4, -0.2) is 17.2 Å². The SMILES string of the molecule is NC(=O)N(NC(=O)O)c1ccccc1. The second-order valence-corrected chi connectivity index (χ2v) is 2.43. The lowest BCUT2D eigenvalue weighted by Gasteiger charge is -2.18. The Morgan fingerprint density at radius 2 is 1.86 bits per heavy atom. The van der Waals surface area contributed by atoms with E-state index in [-0.39, 0.29) is 0 Å². The van der Waals surface area contributed by atoms with Gasteiger partial charge in [0.2, 0.25) is 0 Å². The number of primary amides is 1. The van der Waals surface area contributed by atoms with Crippen LogP contribution in [0.2, 0.25) is 0 Å². The smallest absolute Gasteiger partial charge is 0.424 e. The third-order valence-electron chi connectivity index (χ3n) is 1.44. The van der Waals surface area contributed by atoms with Crippen molar-refractivity contribution in [3.8, 4) is 0 Å². The van der Waals surface area contributed by atoms with E-state index in [2.05, 4.69) is 0 Å². The van der Waals surface area contributed by atoms with Crippen LogP contribution in [0.25, 0.3) is 0 Å². The summed E-state index contributed by atoms with van der Waals surface area (Å²) in [6, 6.07) is 7.28. The zero-order valence-corrected chi connectivity index (χ0v) is 7.18. The molecule has 1 aromatic carbocycles. The minimum atomic E-state index is -1.35. The Labute approximate surface area is 79.9 Å². The molecule has 3 amide bonds. The van der Waals surface area contributed by atoms with Gasteiger partial charge in [0.15, 0.2) is 0 Å². The predicted octanol–water partition coefficient (Wildman–Crippen LogP) is 0.754. The third-order valence-corrected chi connectivity index (χ3v) is 1.44. The van der Waals surface area contributed by atoms with Crippen molar-refractivity contribution in [3.63, 3.8) is 0 Å². The summed E-state index contributed by atoms with van der Waals surface area (Å²) in [5, 5.41) is 9.17. The van der Waals surface area contributed by atoms with Crippen molar-refractivity contribution in [1.82, 2.24) is 5.43 Å². The first kappa shape index (κ1) is 9.85. The van der Waals surface area contributed by atoms with E-state index in [0.29, 0.717) is 5.69 Å². The number of benzene rings is 1. The van der Waals surface area contributed by atoms with Crippen molar-refractivity contribution in [3.05, 3.63) is 30.3 Å². The molecule has 0 fully saturated rings. The summed E-state index contributed by atoms with van der Waals surface area (Å²) in [7, 11) is 0. The van der Waals surface area contributed by atoms with Crippen molar-refractivity contribution < 1.29 is 14.7 Å². The average Bonchev–Trinajstić information content (AvgIpc) is 2.15. The lowest BCUT2D eigenvalue weighted by Crippen LogP contribution is -2.48. The number of hydrazine groups is 1. The minimum Gasteiger partial charge on any atom is -0.464 e. The molecular formula is C8H9N3O3. The van der Waals surface area contributed by atoms with Crippen LogP contribution in [0.3, 0.4) is 0 Å². The molecule has 4 N–H and O–H groups in total. The van der Waals surface area contributed by atoms with Crippen LogP contribution in [0.5, 0.6) is 0 Å². The van der Waals surface area contributed by atoms with Crippen LogP contribution in [0.1, 0.15) is 0 Å². The highest BCUT2D eigenvalue weighted by Crippen LogP contribution is 2.09. The first-order chi connectivity index (χ1) is 6.61. The molecule has 0 heterocycles. The summed E-state index contributed by atoms with van der Waals surface area (Å²) in [6.07, 6.45) is -1.35. The van der Waals surface area contributed by atoms with E-state index >= 15 is 0 Å². The van der Waals surface area contributed by atoms with Gasteiger partial charge in [0.1, 0.15) is 0 Å². The highest BCUT2D eigenvalue weighted by molar-refractivity contribution is 5.92. The van der Waals surface area contributed by atoms with Crippen molar-refractivity contribution in [2.45, 2.75) is 0 Å². The second-order valence-electron chi connectivity index (χ2n) is 2.43. The molecule has 0 unspecified atom stereocenters. The van der Waals surface area contributed by atoms with Crippen molar-refractivity contribution in [1.29, 1.82) is 0 Å². The van der Waals surface area contributed by atoms with E-state index in [1.807, 2.05) is 5.43 Å². The maximum absolute atomic E-state index is 10.9. The van der Waals surface area contributed by atoms with Gasteiger partial charge in [0.05, 0.1) is 5.69 Å². The largest absolute Gasteiger partial charge is 0.464 e. The molecule has 1 aromatic rings. The Morgan fingerprint density at radius 3 is 2.29 bits per heavy atom. The van der Waals surface area contributed by atoms with Gasteiger partial charge in [-0.25, -0.2) is 20.0 Å². The average molecular weight is 195 g/mol. The van der Waals surface area contributed by atoms with Crippen molar-refractivity contribution in [2.75, 3.05) is 5.01 Å². The normalized spacial score (nSPS) is 9.14. The molecular weight excluding hydrogens is 186 g/mol. The fourth-order valence-corrected chi connectivity index (χ4v) is 0.920. The van der Waals surface area contributed by atoms with E-state index in [9.17, 15) is 9.59 Å². The number of hydrogen-bond donors (Lipinski definition) is 3. The summed E-state index contributed by atoms with van der Waals surface area (Å²) < 4.78 is 0. The summed E-state index contributed by atoms with van der Waals surface area (Å²) in [6.45, 7) is 0. The summed E-state index contributed by atoms with van der Waals surface area (Å²) in [5.74, 6) is 0. The van der Waals surface area contributed by atoms with Gasteiger partial charge in [-0.2, -0.15) is 0 Å². The maximum Gasteiger partial charge on any atom is 0.424 e. The van der Waals surface area contributed by atoms with Gasteiger partial charge in [0.25, 0.3) is 0 Å². The fourth-order valence-electron chi connectivity index (χ4n) is 0.920. The number of amides is 3. The number of carbonyl (C=O) groups excluding carboxylic acids is 1. The topological polar surface area (TPSA) is 95.7 Å². The van der Waals surface area contributed by atoms with Crippen LogP contribution in [0.15, 0.2) is 30.3 Å². The molecule has 6 heteroatoms. The maximum atomic E-state index is 10.9. The minimum absolute atomic E-state index is 0.363. The molecule has 74 valence electrons. The molecule has 0 atom stereocenters. The molecule has 0 aromatic heterocycles. The fraction of sp³-hybridized carbons (Fsp3) is 0. The molecule has 0 radical (unpaired) electrons. The number of rotatable bonds is 1. The number of anilines is 1. The van der Waals surface area contributed by atoms with Gasteiger partial charge in [0, 0.05) is 0 Å². The molecule has 6 nitrogen and oxygen atoms in total. The van der Waals surface area contributed by atoms with Crippen LogP contribution in [0, 0.1) is 0 Å². The van der Waals surface area contributed by atoms with Gasteiger partial charge in [-0.05, 0) is 12.1 Å². The third kappa shape index (κ3) is 2.37. The molecule has 1 rings (SSSR count). The number of para-hydroxylation sites is 1. The molecule has 0 saturated carbocycles. The zero-order valence-electron chi connectivity index (χ0n) is 7.18. The summed E-state index contributed by atoms with van der Waals surface area (Å²) in [4.78, 5) is 21.2. The predicted molar refractivity (Wildman–Crippen MR) is 49.7 cm³/mol. The number of carboxylic acid groups (broad SMARTS) is 1. The number of hydrogen-bond acceptors (Lipinski definition) is 2. The summed E-state index contributed by atoms with van der Waals surface area (Å²) >= 11 is 0. The second kappa shape index (κ2) is 4.13. The Kier molecular flexibility index (Phi) is 2.90. The Balaban J connectivity index is 2.89. The number of nitrogens with zero attached hydrogens (tertiary/aromatic N) is 1. The number of carbonyl (C=O) groups is 2. The van der Waals surface area contributed by atoms with E-state index in [0.717, 1.165) is 5.01 Å². The molecule has 0 bridgehead atoms. The zero-order chi connectivity index (χ0) is 10.6. The van der Waals surface area contributed by atoms with Gasteiger partial charge in [-0.3, -0.25) is 0 Å². The number of nitrogens with one attached hydrogen (secondary N) is 1. The lowest BCUT2D eigenvalue weighted by molar-refractivity contribution is 0.192. The van der Waals surface area contributed by atoms with Crippen LogP contribution in [-0.2, 0) is 0 Å². The first-order valence-electron chi connectivity index (χ1n) is 3.75. The van der Waals surface area contributed by atoms with Crippen LogP contribution < -0.4 is 16.2 Å². The van der Waals surface area contributed by atoms with Crippen LogP contribution >= 0.6 is 0 Å². The summed E-state index contributed by atoms with van der Waals surface area (Å²) in [5.41, 5.74) is 7.21. The lowest BCUT2D eigenvalue weighted by atomic mass is 10.3. The quantitative estimate of drug-likeness (QED) is 0.577. The molecule has 0 aliphatic heterocycles. The van der Waals surface area contributed by atoms with Gasteiger partial charge >= 0.3 is 12.1 Å². The number of nitrogens with two attached hydrogens (primary N) is 1. The van der Waals surface area contributed by atoms with E-state index in [4.69, 9.17) is 10.8 Å². The highest BCUT2D eigenvalue weighted by atomic mass is 16.4. The Hall–Kier alpha value is -2.24. The molecule has 0 aliphatic carbocycles. The number of urea groups is 1. The van der Waals surface area contributed by atoms with Gasteiger partial charge in [-0.1, -0.05) is 18.2 Å².